The number of esters is 2. The second-order valence-electron chi connectivity index (χ2n) is 5.57. The first kappa shape index (κ1) is 20.3. The van der Waals surface area contributed by atoms with E-state index < -0.39 is 41.2 Å². The van der Waals surface area contributed by atoms with Gasteiger partial charge < -0.3 is 18.9 Å². The molecule has 1 aliphatic rings. The third kappa shape index (κ3) is 6.04. The van der Waals surface area contributed by atoms with Crippen molar-refractivity contribution in [3.05, 3.63) is 10.1 Å². The summed E-state index contributed by atoms with van der Waals surface area (Å²) in [5, 5.41) is 11.4. The van der Waals surface area contributed by atoms with Crippen LogP contribution in [0, 0.1) is 16.0 Å². The van der Waals surface area contributed by atoms with E-state index in [9.17, 15) is 19.7 Å². The number of ether oxygens (including phenoxy) is 4. The predicted octanol–water partition coefficient (Wildman–Crippen LogP) is 1.31. The number of hydrogen-bond acceptors (Lipinski definition) is 8. The number of carbonyl (C=O) groups excluding carboxylic acids is 2. The summed E-state index contributed by atoms with van der Waals surface area (Å²) in [5.41, 5.74) is 0. The molecule has 1 fully saturated rings. The summed E-state index contributed by atoms with van der Waals surface area (Å²) in [6.07, 6.45) is -0.265. The quantitative estimate of drug-likeness (QED) is 0.238. The Morgan fingerprint density at radius 2 is 2.04 bits per heavy atom. The summed E-state index contributed by atoms with van der Waals surface area (Å²) < 4.78 is 20.2. The number of methoxy groups -OCH3 is 2. The highest BCUT2D eigenvalue weighted by Gasteiger charge is 2.45. The third-order valence-electron chi connectivity index (χ3n) is 4.09. The Kier molecular flexibility index (Phi) is 8.62. The Bertz CT molecular complexity index is 437. The topological polar surface area (TPSA) is 114 Å². The van der Waals surface area contributed by atoms with Crippen LogP contribution in [0.25, 0.3) is 0 Å². The number of rotatable bonds is 11. The molecule has 1 heterocycles. The molecule has 138 valence electrons. The Morgan fingerprint density at radius 1 is 1.38 bits per heavy atom. The van der Waals surface area contributed by atoms with Gasteiger partial charge in [0.25, 0.3) is 0 Å². The minimum Gasteiger partial charge on any atom is -0.466 e. The lowest BCUT2D eigenvalue weighted by atomic mass is 9.88. The molecule has 24 heavy (non-hydrogen) atoms. The van der Waals surface area contributed by atoms with Gasteiger partial charge in [0.2, 0.25) is 6.04 Å². The van der Waals surface area contributed by atoms with Gasteiger partial charge in [0.15, 0.2) is 6.29 Å². The molecular weight excluding hydrogens is 322 g/mol. The average molecular weight is 347 g/mol. The van der Waals surface area contributed by atoms with Gasteiger partial charge in [-0.3, -0.25) is 19.7 Å². The molecule has 0 saturated carbocycles. The maximum atomic E-state index is 11.6. The van der Waals surface area contributed by atoms with Gasteiger partial charge >= 0.3 is 11.9 Å². The van der Waals surface area contributed by atoms with Crippen molar-refractivity contribution in [2.24, 2.45) is 5.92 Å². The van der Waals surface area contributed by atoms with Gasteiger partial charge in [-0.1, -0.05) is 0 Å². The van der Waals surface area contributed by atoms with Crippen molar-refractivity contribution in [1.82, 2.24) is 0 Å². The van der Waals surface area contributed by atoms with Crippen molar-refractivity contribution in [3.63, 3.8) is 0 Å². The van der Waals surface area contributed by atoms with Crippen LogP contribution in [0.1, 0.15) is 39.0 Å². The molecule has 0 aromatic carbocycles. The summed E-state index contributed by atoms with van der Waals surface area (Å²) in [7, 11) is 2.98. The first-order valence-corrected chi connectivity index (χ1v) is 7.97. The summed E-state index contributed by atoms with van der Waals surface area (Å²) >= 11 is 0. The van der Waals surface area contributed by atoms with Crippen LogP contribution in [0.3, 0.4) is 0 Å². The zero-order valence-corrected chi connectivity index (χ0v) is 14.3. The number of nitrogens with zero attached hydrogens (tertiary/aromatic N) is 1. The van der Waals surface area contributed by atoms with E-state index in [1.807, 2.05) is 0 Å². The molecule has 1 saturated heterocycles. The van der Waals surface area contributed by atoms with Crippen molar-refractivity contribution in [3.8, 4) is 0 Å². The van der Waals surface area contributed by atoms with Crippen molar-refractivity contribution in [2.75, 3.05) is 20.8 Å². The summed E-state index contributed by atoms with van der Waals surface area (Å²) in [6.45, 7) is 1.90. The van der Waals surface area contributed by atoms with Gasteiger partial charge in [-0.25, -0.2) is 0 Å². The summed E-state index contributed by atoms with van der Waals surface area (Å²) in [5.74, 6) is -1.51. The molecule has 0 bridgehead atoms. The predicted molar refractivity (Wildman–Crippen MR) is 81.7 cm³/mol. The van der Waals surface area contributed by atoms with E-state index in [-0.39, 0.29) is 25.9 Å². The van der Waals surface area contributed by atoms with Crippen LogP contribution in [0.15, 0.2) is 0 Å². The molecule has 0 aliphatic carbocycles. The van der Waals surface area contributed by atoms with Crippen molar-refractivity contribution >= 4 is 11.9 Å². The molecule has 1 unspecified atom stereocenters. The van der Waals surface area contributed by atoms with Crippen LogP contribution in [0.5, 0.6) is 0 Å². The minimum atomic E-state index is -1.03. The standard InChI is InChI=1S/C15H25NO8/c1-4-23-13(17)7-5-11(16(19)20)10-9-14(18)24-12(10)6-8-15(21-2)22-3/h10-12,15H,4-9H2,1-3H3/t10-,11?,12-/m1/s1. The van der Waals surface area contributed by atoms with Gasteiger partial charge in [0.1, 0.15) is 6.10 Å². The largest absolute Gasteiger partial charge is 0.466 e. The SMILES string of the molecule is CCOC(=O)CCC([C@H]1CC(=O)O[C@@H]1CCC(OC)OC)[N+](=O)[O-]. The van der Waals surface area contributed by atoms with E-state index in [4.69, 9.17) is 18.9 Å². The fourth-order valence-electron chi connectivity index (χ4n) is 2.89. The Morgan fingerprint density at radius 3 is 2.58 bits per heavy atom. The molecule has 0 spiro atoms. The van der Waals surface area contributed by atoms with Crippen LogP contribution in [-0.4, -0.2) is 56.1 Å². The zero-order valence-electron chi connectivity index (χ0n) is 14.3. The van der Waals surface area contributed by atoms with Gasteiger partial charge in [-0.05, 0) is 13.3 Å². The maximum absolute atomic E-state index is 11.6. The average Bonchev–Trinajstić information content (AvgIpc) is 2.89. The molecule has 1 aliphatic heterocycles. The lowest BCUT2D eigenvalue weighted by Crippen LogP contribution is -2.35. The van der Waals surface area contributed by atoms with Crippen LogP contribution >= 0.6 is 0 Å². The normalized spacial score (nSPS) is 21.6. The highest BCUT2D eigenvalue weighted by atomic mass is 16.7. The molecule has 0 amide bonds. The van der Waals surface area contributed by atoms with Crippen molar-refractivity contribution in [2.45, 2.75) is 57.5 Å². The summed E-state index contributed by atoms with van der Waals surface area (Å²) in [4.78, 5) is 34.0. The van der Waals surface area contributed by atoms with E-state index in [1.54, 1.807) is 6.92 Å². The smallest absolute Gasteiger partial charge is 0.306 e. The Hall–Kier alpha value is -1.74. The van der Waals surface area contributed by atoms with Crippen molar-refractivity contribution in [1.29, 1.82) is 0 Å². The second kappa shape index (κ2) is 10.2. The first-order valence-electron chi connectivity index (χ1n) is 7.97. The molecule has 3 atom stereocenters. The maximum Gasteiger partial charge on any atom is 0.306 e. The lowest BCUT2D eigenvalue weighted by molar-refractivity contribution is -0.534. The Balaban J connectivity index is 2.69. The second-order valence-corrected chi connectivity index (χ2v) is 5.57. The van der Waals surface area contributed by atoms with E-state index in [0.29, 0.717) is 12.8 Å². The fourth-order valence-corrected chi connectivity index (χ4v) is 2.89. The number of nitro groups is 1. The van der Waals surface area contributed by atoms with Crippen molar-refractivity contribution < 1.29 is 33.5 Å². The first-order chi connectivity index (χ1) is 11.4. The van der Waals surface area contributed by atoms with Crippen LogP contribution in [0.2, 0.25) is 0 Å². The van der Waals surface area contributed by atoms with Gasteiger partial charge in [0, 0.05) is 32.0 Å². The molecule has 0 aromatic heterocycles. The van der Waals surface area contributed by atoms with E-state index in [1.165, 1.54) is 14.2 Å². The van der Waals surface area contributed by atoms with Gasteiger partial charge in [0.05, 0.1) is 25.4 Å². The lowest BCUT2D eigenvalue weighted by Gasteiger charge is -2.22. The highest BCUT2D eigenvalue weighted by molar-refractivity contribution is 5.72. The number of cyclic esters (lactones) is 1. The molecular formula is C15H25NO8. The van der Waals surface area contributed by atoms with Crippen LogP contribution in [0.4, 0.5) is 0 Å². The number of hydrogen-bond donors (Lipinski definition) is 0. The van der Waals surface area contributed by atoms with E-state index in [0.717, 1.165) is 0 Å². The zero-order chi connectivity index (χ0) is 18.1. The Labute approximate surface area is 140 Å². The molecule has 9 heteroatoms. The summed E-state index contributed by atoms with van der Waals surface area (Å²) in [6, 6.07) is -1.03. The minimum absolute atomic E-state index is 0.0155. The van der Waals surface area contributed by atoms with Crippen LogP contribution < -0.4 is 0 Å². The van der Waals surface area contributed by atoms with E-state index in [2.05, 4.69) is 0 Å². The van der Waals surface area contributed by atoms with Crippen LogP contribution in [-0.2, 0) is 28.5 Å². The fraction of sp³-hybridized carbons (Fsp3) is 0.867. The molecule has 0 aromatic rings. The van der Waals surface area contributed by atoms with Gasteiger partial charge in [-0.2, -0.15) is 0 Å². The third-order valence-corrected chi connectivity index (χ3v) is 4.09. The molecule has 9 nitrogen and oxygen atoms in total. The van der Waals surface area contributed by atoms with E-state index >= 15 is 0 Å². The molecule has 1 rings (SSSR count). The van der Waals surface area contributed by atoms with Gasteiger partial charge in [-0.15, -0.1) is 0 Å². The number of carbonyl (C=O) groups is 2. The molecule has 0 N–H and O–H groups in total. The highest BCUT2D eigenvalue weighted by Crippen LogP contribution is 2.32. The molecule has 0 radical (unpaired) electrons. The monoisotopic (exact) mass is 347 g/mol.